The molecule has 1 atom stereocenters. The van der Waals surface area contributed by atoms with E-state index in [0.29, 0.717) is 11.5 Å². The minimum Gasteiger partial charge on any atom is -0.323 e. The SMILES string of the molecule is CC.CN1CC2(CC3=C(C=CCC3)[C@H]2N)C1. The fraction of sp³-hybridized carbons (Fsp3) is 0.714. The van der Waals surface area contributed by atoms with Gasteiger partial charge in [0.15, 0.2) is 0 Å². The van der Waals surface area contributed by atoms with Gasteiger partial charge >= 0.3 is 0 Å². The Labute approximate surface area is 99.2 Å². The Kier molecular flexibility index (Phi) is 3.22. The zero-order valence-corrected chi connectivity index (χ0v) is 10.8. The van der Waals surface area contributed by atoms with Gasteiger partial charge in [0.2, 0.25) is 0 Å². The highest BCUT2D eigenvalue weighted by Crippen LogP contribution is 2.49. The van der Waals surface area contributed by atoms with E-state index in [2.05, 4.69) is 24.1 Å². The van der Waals surface area contributed by atoms with Gasteiger partial charge in [-0.15, -0.1) is 0 Å². The molecule has 0 unspecified atom stereocenters. The monoisotopic (exact) mass is 220 g/mol. The lowest BCUT2D eigenvalue weighted by Crippen LogP contribution is -2.61. The van der Waals surface area contributed by atoms with Crippen LogP contribution in [-0.4, -0.2) is 31.1 Å². The third-order valence-electron chi connectivity index (χ3n) is 4.05. The zero-order valence-electron chi connectivity index (χ0n) is 10.8. The minimum atomic E-state index is 0.310. The molecule has 1 heterocycles. The van der Waals surface area contributed by atoms with Crippen molar-refractivity contribution in [2.75, 3.05) is 20.1 Å². The number of rotatable bonds is 0. The largest absolute Gasteiger partial charge is 0.323 e. The lowest BCUT2D eigenvalue weighted by Gasteiger charge is -2.49. The number of nitrogens with two attached hydrogens (primary N) is 1. The highest BCUT2D eigenvalue weighted by molar-refractivity contribution is 5.42. The van der Waals surface area contributed by atoms with Crippen LogP contribution in [0.15, 0.2) is 23.3 Å². The summed E-state index contributed by atoms with van der Waals surface area (Å²) in [5, 5.41) is 0. The van der Waals surface area contributed by atoms with Crippen LogP contribution in [-0.2, 0) is 0 Å². The summed E-state index contributed by atoms with van der Waals surface area (Å²) in [6, 6.07) is 0.310. The molecule has 90 valence electrons. The van der Waals surface area contributed by atoms with Crippen LogP contribution in [0.5, 0.6) is 0 Å². The number of hydrogen-bond donors (Lipinski definition) is 1. The summed E-state index contributed by atoms with van der Waals surface area (Å²) >= 11 is 0. The standard InChI is InChI=1S/C12H18N2.C2H6/c1-14-7-12(8-14)6-9-4-2-3-5-10(9)11(12)13;1-2/h3,5,11H,2,4,6-8,13H2,1H3;1-2H3/t11-;/m1./s1. The van der Waals surface area contributed by atoms with Gasteiger partial charge in [-0.1, -0.05) is 31.6 Å². The molecule has 2 heteroatoms. The molecule has 2 nitrogen and oxygen atoms in total. The fourth-order valence-electron chi connectivity index (χ4n) is 3.45. The molecule has 0 aromatic carbocycles. The highest BCUT2D eigenvalue weighted by atomic mass is 15.2. The predicted molar refractivity (Wildman–Crippen MR) is 69.3 cm³/mol. The molecule has 0 aromatic rings. The third kappa shape index (κ3) is 1.64. The van der Waals surface area contributed by atoms with E-state index in [1.807, 2.05) is 13.8 Å². The van der Waals surface area contributed by atoms with Gasteiger partial charge in [-0.05, 0) is 31.9 Å². The summed E-state index contributed by atoms with van der Waals surface area (Å²) in [4.78, 5) is 2.38. The van der Waals surface area contributed by atoms with Gasteiger partial charge in [0, 0.05) is 24.5 Å². The molecular weight excluding hydrogens is 196 g/mol. The molecule has 16 heavy (non-hydrogen) atoms. The Hall–Kier alpha value is -0.600. The van der Waals surface area contributed by atoms with Gasteiger partial charge in [-0.25, -0.2) is 0 Å². The molecule has 0 amide bonds. The summed E-state index contributed by atoms with van der Waals surface area (Å²) < 4.78 is 0. The molecule has 3 aliphatic rings. The van der Waals surface area contributed by atoms with Crippen molar-refractivity contribution in [2.45, 2.75) is 39.2 Å². The first kappa shape index (κ1) is 11.9. The predicted octanol–water partition coefficient (Wildman–Crippen LogP) is 2.32. The number of allylic oxidation sites excluding steroid dienone is 2. The van der Waals surface area contributed by atoms with E-state index in [-0.39, 0.29) is 0 Å². The highest BCUT2D eigenvalue weighted by Gasteiger charge is 2.51. The second kappa shape index (κ2) is 4.34. The molecular formula is C14H24N2. The molecule has 1 aliphatic heterocycles. The second-order valence-corrected chi connectivity index (χ2v) is 5.19. The fourth-order valence-corrected chi connectivity index (χ4v) is 3.45. The first-order valence-corrected chi connectivity index (χ1v) is 6.54. The lowest BCUT2D eigenvalue weighted by atomic mass is 9.73. The summed E-state index contributed by atoms with van der Waals surface area (Å²) in [6.07, 6.45) is 8.29. The molecule has 0 saturated carbocycles. The Balaban J connectivity index is 0.000000457. The molecule has 1 saturated heterocycles. The average Bonchev–Trinajstić information content (AvgIpc) is 2.56. The summed E-state index contributed by atoms with van der Waals surface area (Å²) in [5.74, 6) is 0. The minimum absolute atomic E-state index is 0.310. The first-order chi connectivity index (χ1) is 7.71. The quantitative estimate of drug-likeness (QED) is 0.679. The van der Waals surface area contributed by atoms with Crippen molar-refractivity contribution in [2.24, 2.45) is 11.1 Å². The summed E-state index contributed by atoms with van der Waals surface area (Å²) in [5.41, 5.74) is 9.88. The van der Waals surface area contributed by atoms with Crippen LogP contribution < -0.4 is 5.73 Å². The molecule has 0 aromatic heterocycles. The van der Waals surface area contributed by atoms with Gasteiger partial charge in [-0.2, -0.15) is 0 Å². The normalized spacial score (nSPS) is 30.9. The topological polar surface area (TPSA) is 29.3 Å². The van der Waals surface area contributed by atoms with Crippen molar-refractivity contribution in [3.8, 4) is 0 Å². The van der Waals surface area contributed by atoms with Crippen LogP contribution in [0, 0.1) is 5.41 Å². The van der Waals surface area contributed by atoms with E-state index in [9.17, 15) is 0 Å². The molecule has 0 radical (unpaired) electrons. The molecule has 1 fully saturated rings. The van der Waals surface area contributed by atoms with E-state index >= 15 is 0 Å². The Bertz CT molecular complexity index is 322. The maximum absolute atomic E-state index is 6.36. The van der Waals surface area contributed by atoms with E-state index in [1.54, 1.807) is 5.57 Å². The van der Waals surface area contributed by atoms with Crippen LogP contribution in [0.2, 0.25) is 0 Å². The van der Waals surface area contributed by atoms with Crippen molar-refractivity contribution < 1.29 is 0 Å². The second-order valence-electron chi connectivity index (χ2n) is 5.19. The first-order valence-electron chi connectivity index (χ1n) is 6.54. The van der Waals surface area contributed by atoms with E-state index in [1.165, 1.54) is 37.9 Å². The van der Waals surface area contributed by atoms with Crippen molar-refractivity contribution in [1.29, 1.82) is 0 Å². The van der Waals surface area contributed by atoms with E-state index in [0.717, 1.165) is 0 Å². The Morgan fingerprint density at radius 2 is 2.06 bits per heavy atom. The van der Waals surface area contributed by atoms with Crippen molar-refractivity contribution in [3.63, 3.8) is 0 Å². The molecule has 2 N–H and O–H groups in total. The van der Waals surface area contributed by atoms with Crippen LogP contribution in [0.1, 0.15) is 33.1 Å². The smallest absolute Gasteiger partial charge is 0.0379 e. The van der Waals surface area contributed by atoms with Crippen LogP contribution >= 0.6 is 0 Å². The Morgan fingerprint density at radius 1 is 1.38 bits per heavy atom. The number of likely N-dealkylation sites (tertiary alicyclic amines) is 1. The summed E-state index contributed by atoms with van der Waals surface area (Å²) in [6.45, 7) is 6.38. The van der Waals surface area contributed by atoms with Crippen molar-refractivity contribution in [3.05, 3.63) is 23.3 Å². The van der Waals surface area contributed by atoms with Gasteiger partial charge < -0.3 is 10.6 Å². The van der Waals surface area contributed by atoms with Crippen LogP contribution in [0.25, 0.3) is 0 Å². The van der Waals surface area contributed by atoms with Gasteiger partial charge in [0.25, 0.3) is 0 Å². The maximum atomic E-state index is 6.36. The van der Waals surface area contributed by atoms with Gasteiger partial charge in [-0.3, -0.25) is 0 Å². The lowest BCUT2D eigenvalue weighted by molar-refractivity contribution is 0.0186. The van der Waals surface area contributed by atoms with Crippen molar-refractivity contribution >= 4 is 0 Å². The zero-order chi connectivity index (χ0) is 11.8. The molecule has 2 aliphatic carbocycles. The van der Waals surface area contributed by atoms with E-state index < -0.39 is 0 Å². The molecule has 1 spiro atoms. The van der Waals surface area contributed by atoms with Crippen LogP contribution in [0.4, 0.5) is 0 Å². The molecule has 3 rings (SSSR count). The van der Waals surface area contributed by atoms with Crippen LogP contribution in [0.3, 0.4) is 0 Å². The maximum Gasteiger partial charge on any atom is 0.0379 e. The van der Waals surface area contributed by atoms with Gasteiger partial charge in [0.05, 0.1) is 0 Å². The number of nitrogens with zero attached hydrogens (tertiary/aromatic N) is 1. The van der Waals surface area contributed by atoms with Gasteiger partial charge in [0.1, 0.15) is 0 Å². The third-order valence-corrected chi connectivity index (χ3v) is 4.05. The summed E-state index contributed by atoms with van der Waals surface area (Å²) in [7, 11) is 2.19. The molecule has 0 bridgehead atoms. The Morgan fingerprint density at radius 3 is 2.62 bits per heavy atom. The number of hydrogen-bond acceptors (Lipinski definition) is 2. The average molecular weight is 220 g/mol. The van der Waals surface area contributed by atoms with Crippen molar-refractivity contribution in [1.82, 2.24) is 4.90 Å². The van der Waals surface area contributed by atoms with E-state index in [4.69, 9.17) is 5.73 Å².